The van der Waals surface area contributed by atoms with Gasteiger partial charge in [-0.1, -0.05) is 11.6 Å². The Morgan fingerprint density at radius 1 is 1.45 bits per heavy atom. The predicted octanol–water partition coefficient (Wildman–Crippen LogP) is 4.38. The van der Waals surface area contributed by atoms with E-state index >= 15 is 0 Å². The first-order chi connectivity index (χ1) is 9.60. The van der Waals surface area contributed by atoms with Crippen LogP contribution in [0.1, 0.15) is 29.2 Å². The molecule has 0 aromatic carbocycles. The summed E-state index contributed by atoms with van der Waals surface area (Å²) in [4.78, 5) is 1.21. The lowest BCUT2D eigenvalue weighted by molar-refractivity contribution is 0.590. The summed E-state index contributed by atoms with van der Waals surface area (Å²) < 4.78 is 4.58. The Morgan fingerprint density at radius 2 is 2.25 bits per heavy atom. The molecule has 1 unspecified atom stereocenters. The number of rotatable bonds is 4. The Bertz CT molecular complexity index is 712. The van der Waals surface area contributed by atoms with Crippen LogP contribution >= 0.6 is 34.3 Å². The monoisotopic (exact) mass is 325 g/mol. The highest BCUT2D eigenvalue weighted by atomic mass is 35.5. The second kappa shape index (κ2) is 5.48. The first-order valence-corrected chi connectivity index (χ1v) is 8.61. The zero-order valence-corrected chi connectivity index (χ0v) is 13.8. The van der Waals surface area contributed by atoms with E-state index in [0.717, 1.165) is 29.4 Å². The van der Waals surface area contributed by atoms with Gasteiger partial charge in [0.15, 0.2) is 0 Å². The summed E-state index contributed by atoms with van der Waals surface area (Å²) in [6.45, 7) is 4.82. The quantitative estimate of drug-likeness (QED) is 0.773. The maximum absolute atomic E-state index is 6.37. The largest absolute Gasteiger partial charge is 0.323 e. The molecule has 0 aliphatic heterocycles. The third-order valence-corrected chi connectivity index (χ3v) is 6.11. The third kappa shape index (κ3) is 2.39. The van der Waals surface area contributed by atoms with Gasteiger partial charge >= 0.3 is 0 Å². The minimum Gasteiger partial charge on any atom is -0.323 e. The van der Waals surface area contributed by atoms with Crippen LogP contribution in [0.2, 0.25) is 5.02 Å². The van der Waals surface area contributed by atoms with Crippen molar-refractivity contribution in [1.29, 1.82) is 0 Å². The lowest BCUT2D eigenvalue weighted by atomic mass is 10.1. The van der Waals surface area contributed by atoms with E-state index in [1.807, 2.05) is 11.6 Å². The van der Waals surface area contributed by atoms with Crippen molar-refractivity contribution >= 4 is 43.7 Å². The van der Waals surface area contributed by atoms with Gasteiger partial charge in [0.05, 0.1) is 16.4 Å². The van der Waals surface area contributed by atoms with E-state index in [4.69, 9.17) is 17.3 Å². The van der Waals surface area contributed by atoms with E-state index < -0.39 is 0 Å². The van der Waals surface area contributed by atoms with E-state index in [-0.39, 0.29) is 6.04 Å². The van der Waals surface area contributed by atoms with Crippen LogP contribution in [0, 0.1) is 6.92 Å². The number of aryl methyl sites for hydroxylation is 2. The second-order valence-corrected chi connectivity index (χ2v) is 7.21. The molecule has 0 bridgehead atoms. The smallest absolute Gasteiger partial charge is 0.0847 e. The van der Waals surface area contributed by atoms with E-state index in [1.54, 1.807) is 22.7 Å². The lowest BCUT2D eigenvalue weighted by Crippen LogP contribution is -2.15. The highest BCUT2D eigenvalue weighted by Gasteiger charge is 2.18. The Labute approximate surface area is 131 Å². The van der Waals surface area contributed by atoms with Crippen LogP contribution in [-0.2, 0) is 13.0 Å². The predicted molar refractivity (Wildman–Crippen MR) is 88.0 cm³/mol. The Morgan fingerprint density at radius 3 is 2.95 bits per heavy atom. The zero-order valence-electron chi connectivity index (χ0n) is 11.4. The van der Waals surface area contributed by atoms with Gasteiger partial charge in [0, 0.05) is 33.3 Å². The molecular weight excluding hydrogens is 310 g/mol. The van der Waals surface area contributed by atoms with Crippen molar-refractivity contribution in [1.82, 2.24) is 9.78 Å². The van der Waals surface area contributed by atoms with Crippen molar-refractivity contribution < 1.29 is 0 Å². The molecule has 0 aliphatic rings. The molecule has 2 N–H and O–H groups in total. The summed E-state index contributed by atoms with van der Waals surface area (Å²) >= 11 is 9.88. The summed E-state index contributed by atoms with van der Waals surface area (Å²) in [5, 5.41) is 7.31. The number of thiophene rings is 2. The molecular formula is C14H16ClN3S2. The maximum atomic E-state index is 6.37. The summed E-state index contributed by atoms with van der Waals surface area (Å²) in [7, 11) is 0. The van der Waals surface area contributed by atoms with Gasteiger partial charge < -0.3 is 5.73 Å². The topological polar surface area (TPSA) is 43.8 Å². The van der Waals surface area contributed by atoms with Crippen molar-refractivity contribution in [3.05, 3.63) is 38.8 Å². The van der Waals surface area contributed by atoms with E-state index in [1.165, 1.54) is 14.3 Å². The SMILES string of the molecule is CCn1nc(C)c(Cl)c1CC(N)c1cc2sccc2s1. The molecule has 0 spiro atoms. The van der Waals surface area contributed by atoms with Crippen LogP contribution in [-0.4, -0.2) is 9.78 Å². The van der Waals surface area contributed by atoms with Crippen LogP contribution in [0.4, 0.5) is 0 Å². The third-order valence-electron chi connectivity index (χ3n) is 3.39. The van der Waals surface area contributed by atoms with E-state index in [0.29, 0.717) is 0 Å². The number of halogens is 1. The minimum atomic E-state index is -0.0292. The molecule has 3 aromatic heterocycles. The van der Waals surface area contributed by atoms with Gasteiger partial charge in [-0.25, -0.2) is 0 Å². The van der Waals surface area contributed by atoms with E-state index in [9.17, 15) is 0 Å². The second-order valence-electron chi connectivity index (χ2n) is 4.77. The summed E-state index contributed by atoms with van der Waals surface area (Å²) in [6, 6.07) is 4.32. The van der Waals surface area contributed by atoms with Crippen LogP contribution in [0.15, 0.2) is 17.5 Å². The Hall–Kier alpha value is -0.880. The molecule has 1 atom stereocenters. The number of nitrogens with two attached hydrogens (primary N) is 1. The van der Waals surface area contributed by atoms with Crippen molar-refractivity contribution in [3.63, 3.8) is 0 Å². The molecule has 3 rings (SSSR count). The number of hydrogen-bond donors (Lipinski definition) is 1. The van der Waals surface area contributed by atoms with Gasteiger partial charge in [-0.05, 0) is 31.4 Å². The summed E-state index contributed by atoms with van der Waals surface area (Å²) in [5.41, 5.74) is 8.28. The fraction of sp³-hybridized carbons (Fsp3) is 0.357. The summed E-state index contributed by atoms with van der Waals surface area (Å²) in [5.74, 6) is 0. The van der Waals surface area contributed by atoms with Crippen molar-refractivity contribution in [2.75, 3.05) is 0 Å². The number of nitrogens with zero attached hydrogens (tertiary/aromatic N) is 2. The minimum absolute atomic E-state index is 0.0292. The molecule has 20 heavy (non-hydrogen) atoms. The fourth-order valence-corrected chi connectivity index (χ4v) is 4.67. The maximum Gasteiger partial charge on any atom is 0.0847 e. The molecule has 6 heteroatoms. The average Bonchev–Trinajstić information content (AvgIpc) is 3.07. The van der Waals surface area contributed by atoms with Crippen LogP contribution < -0.4 is 5.73 Å². The van der Waals surface area contributed by atoms with Crippen molar-refractivity contribution in [2.45, 2.75) is 32.9 Å². The normalized spacial score (nSPS) is 13.2. The first kappa shape index (κ1) is 14.1. The van der Waals surface area contributed by atoms with Gasteiger partial charge in [0.2, 0.25) is 0 Å². The van der Waals surface area contributed by atoms with Gasteiger partial charge in [-0.15, -0.1) is 22.7 Å². The number of fused-ring (bicyclic) bond motifs is 1. The Balaban J connectivity index is 1.88. The molecule has 3 aromatic rings. The van der Waals surface area contributed by atoms with Gasteiger partial charge in [-0.3, -0.25) is 4.68 Å². The molecule has 0 saturated carbocycles. The molecule has 0 radical (unpaired) electrons. The molecule has 3 nitrogen and oxygen atoms in total. The lowest BCUT2D eigenvalue weighted by Gasteiger charge is -2.11. The van der Waals surface area contributed by atoms with Crippen LogP contribution in [0.3, 0.4) is 0 Å². The summed E-state index contributed by atoms with van der Waals surface area (Å²) in [6.07, 6.45) is 0.723. The van der Waals surface area contributed by atoms with E-state index in [2.05, 4.69) is 29.5 Å². The van der Waals surface area contributed by atoms with Crippen molar-refractivity contribution in [2.24, 2.45) is 5.73 Å². The zero-order chi connectivity index (χ0) is 14.3. The van der Waals surface area contributed by atoms with Gasteiger partial charge in [0.1, 0.15) is 0 Å². The molecule has 106 valence electrons. The molecule has 0 amide bonds. The Kier molecular flexibility index (Phi) is 3.86. The van der Waals surface area contributed by atoms with Gasteiger partial charge in [0.25, 0.3) is 0 Å². The highest BCUT2D eigenvalue weighted by Crippen LogP contribution is 2.34. The standard InChI is InChI=1S/C14H16ClN3S2/c1-3-18-10(14(15)8(2)17-18)6-9(16)12-7-13-11(20-12)4-5-19-13/h4-5,7,9H,3,6,16H2,1-2H3. The number of hydrogen-bond acceptors (Lipinski definition) is 4. The van der Waals surface area contributed by atoms with Crippen LogP contribution in [0.25, 0.3) is 9.40 Å². The molecule has 0 aliphatic carbocycles. The molecule has 3 heterocycles. The number of aromatic nitrogens is 2. The molecule has 0 fully saturated rings. The fourth-order valence-electron chi connectivity index (χ4n) is 2.34. The first-order valence-electron chi connectivity index (χ1n) is 6.54. The van der Waals surface area contributed by atoms with Crippen LogP contribution in [0.5, 0.6) is 0 Å². The van der Waals surface area contributed by atoms with Crippen molar-refractivity contribution in [3.8, 4) is 0 Å². The van der Waals surface area contributed by atoms with Gasteiger partial charge in [-0.2, -0.15) is 5.10 Å². The highest BCUT2D eigenvalue weighted by molar-refractivity contribution is 7.26. The molecule has 0 saturated heterocycles. The average molecular weight is 326 g/mol.